The first kappa shape index (κ1) is 13.7. The molecule has 4 atom stereocenters. The van der Waals surface area contributed by atoms with Crippen LogP contribution in [0.4, 0.5) is 11.4 Å². The minimum atomic E-state index is -1.08. The normalized spacial score (nSPS) is 30.3. The molecule has 1 saturated carbocycles. The van der Waals surface area contributed by atoms with E-state index in [2.05, 4.69) is 10.3 Å². The Morgan fingerprint density at radius 1 is 1.47 bits per heavy atom. The predicted molar refractivity (Wildman–Crippen MR) is 65.5 cm³/mol. The summed E-state index contributed by atoms with van der Waals surface area (Å²) in [5, 5.41) is 42.3. The van der Waals surface area contributed by atoms with Gasteiger partial charge in [-0.05, 0) is 12.5 Å². The zero-order valence-corrected chi connectivity index (χ0v) is 10.0. The van der Waals surface area contributed by atoms with Crippen molar-refractivity contribution in [1.29, 1.82) is 0 Å². The summed E-state index contributed by atoms with van der Waals surface area (Å²) in [4.78, 5) is 13.9. The molecule has 19 heavy (non-hydrogen) atoms. The van der Waals surface area contributed by atoms with Gasteiger partial charge in [0.05, 0.1) is 17.1 Å². The van der Waals surface area contributed by atoms with E-state index in [1.807, 2.05) is 0 Å². The molecule has 0 bridgehead atoms. The van der Waals surface area contributed by atoms with Gasteiger partial charge >= 0.3 is 5.69 Å². The molecule has 1 aliphatic rings. The summed E-state index contributed by atoms with van der Waals surface area (Å²) < 4.78 is 0. The maximum absolute atomic E-state index is 10.8. The molecular formula is C11H15N3O5. The topological polar surface area (TPSA) is 129 Å². The molecule has 1 heterocycles. The quantitative estimate of drug-likeness (QED) is 0.428. The lowest BCUT2D eigenvalue weighted by Crippen LogP contribution is -2.35. The molecule has 8 nitrogen and oxygen atoms in total. The van der Waals surface area contributed by atoms with Crippen LogP contribution in [0, 0.1) is 16.0 Å². The number of nitrogens with zero attached hydrogens (tertiary/aromatic N) is 2. The highest BCUT2D eigenvalue weighted by atomic mass is 16.6. The van der Waals surface area contributed by atoms with Gasteiger partial charge in [-0.15, -0.1) is 0 Å². The van der Waals surface area contributed by atoms with Gasteiger partial charge in [0.25, 0.3) is 0 Å². The second-order valence-corrected chi connectivity index (χ2v) is 4.56. The van der Waals surface area contributed by atoms with Crippen LogP contribution >= 0.6 is 0 Å². The van der Waals surface area contributed by atoms with Crippen LogP contribution in [-0.2, 0) is 0 Å². The largest absolute Gasteiger partial charge is 0.396 e. The highest BCUT2D eigenvalue weighted by Gasteiger charge is 2.41. The summed E-state index contributed by atoms with van der Waals surface area (Å²) in [6.07, 6.45) is 0.728. The number of pyridine rings is 1. The second kappa shape index (κ2) is 5.47. The van der Waals surface area contributed by atoms with Gasteiger partial charge < -0.3 is 20.6 Å². The van der Waals surface area contributed by atoms with Gasteiger partial charge in [0, 0.05) is 18.7 Å². The Morgan fingerprint density at radius 3 is 2.79 bits per heavy atom. The Balaban J connectivity index is 2.16. The van der Waals surface area contributed by atoms with Crippen LogP contribution in [0.1, 0.15) is 6.42 Å². The summed E-state index contributed by atoms with van der Waals surface area (Å²) in [5.74, 6) is -0.437. The van der Waals surface area contributed by atoms with E-state index in [4.69, 9.17) is 5.11 Å². The SMILES string of the molecule is O=[N+]([O-])c1cnccc1N[C@H]1C[C@@H](CO)[C@H](O)[C@@H]1O. The number of hydrogen-bond acceptors (Lipinski definition) is 7. The number of nitro groups is 1. The number of aliphatic hydroxyl groups is 3. The average Bonchev–Trinajstić information content (AvgIpc) is 2.67. The Bertz CT molecular complexity index is 469. The number of nitrogens with one attached hydrogen (secondary N) is 1. The number of aromatic nitrogens is 1. The van der Waals surface area contributed by atoms with Crippen molar-refractivity contribution in [2.45, 2.75) is 24.7 Å². The Kier molecular flexibility index (Phi) is 3.93. The molecule has 1 aromatic rings. The first-order valence-electron chi connectivity index (χ1n) is 5.86. The van der Waals surface area contributed by atoms with Crippen LogP contribution in [0.2, 0.25) is 0 Å². The highest BCUT2D eigenvalue weighted by molar-refractivity contribution is 5.60. The van der Waals surface area contributed by atoms with Crippen molar-refractivity contribution >= 4 is 11.4 Å². The van der Waals surface area contributed by atoms with Crippen molar-refractivity contribution in [2.24, 2.45) is 5.92 Å². The molecule has 1 fully saturated rings. The number of rotatable bonds is 4. The summed E-state index contributed by atoms with van der Waals surface area (Å²) >= 11 is 0. The molecule has 1 aromatic heterocycles. The van der Waals surface area contributed by atoms with Gasteiger partial charge in [-0.2, -0.15) is 0 Å². The van der Waals surface area contributed by atoms with Crippen molar-refractivity contribution < 1.29 is 20.2 Å². The highest BCUT2D eigenvalue weighted by Crippen LogP contribution is 2.31. The molecule has 104 valence electrons. The van der Waals surface area contributed by atoms with E-state index < -0.39 is 29.1 Å². The third-order valence-electron chi connectivity index (χ3n) is 3.37. The van der Waals surface area contributed by atoms with Crippen molar-refractivity contribution in [1.82, 2.24) is 4.98 Å². The van der Waals surface area contributed by atoms with Crippen LogP contribution in [0.5, 0.6) is 0 Å². The van der Waals surface area contributed by atoms with Crippen molar-refractivity contribution in [3.05, 3.63) is 28.6 Å². The van der Waals surface area contributed by atoms with Crippen molar-refractivity contribution in [3.63, 3.8) is 0 Å². The maximum atomic E-state index is 10.8. The summed E-state index contributed by atoms with van der Waals surface area (Å²) in [5.41, 5.74) is 0.0338. The van der Waals surface area contributed by atoms with Gasteiger partial charge in [-0.25, -0.2) is 0 Å². The van der Waals surface area contributed by atoms with E-state index >= 15 is 0 Å². The minimum Gasteiger partial charge on any atom is -0.396 e. The minimum absolute atomic E-state index is 0.198. The zero-order valence-electron chi connectivity index (χ0n) is 10.0. The van der Waals surface area contributed by atoms with Gasteiger partial charge in [0.2, 0.25) is 0 Å². The van der Waals surface area contributed by atoms with Gasteiger partial charge in [0.1, 0.15) is 18.0 Å². The predicted octanol–water partition coefficient (Wildman–Crippen LogP) is -0.496. The molecule has 0 aromatic carbocycles. The first-order chi connectivity index (χ1) is 9.04. The monoisotopic (exact) mass is 269 g/mol. The van der Waals surface area contributed by atoms with E-state index in [-0.39, 0.29) is 18.0 Å². The standard InChI is InChI=1S/C11H15N3O5/c15-5-6-3-8(11(17)10(6)16)13-7-1-2-12-4-9(7)14(18)19/h1-2,4,6,8,10-11,15-17H,3,5H2,(H,12,13)/t6-,8-,10-,11+/m0/s1. The van der Waals surface area contributed by atoms with E-state index in [0.717, 1.165) is 6.20 Å². The lowest BCUT2D eigenvalue weighted by atomic mass is 10.1. The number of aliphatic hydroxyl groups excluding tert-OH is 3. The van der Waals surface area contributed by atoms with E-state index in [0.29, 0.717) is 6.42 Å². The summed E-state index contributed by atoms with van der Waals surface area (Å²) in [6, 6.07) is 0.886. The molecule has 8 heteroatoms. The van der Waals surface area contributed by atoms with Crippen molar-refractivity contribution in [2.75, 3.05) is 11.9 Å². The zero-order chi connectivity index (χ0) is 14.0. The van der Waals surface area contributed by atoms with Crippen LogP contribution in [-0.4, -0.2) is 50.1 Å². The van der Waals surface area contributed by atoms with Crippen LogP contribution in [0.3, 0.4) is 0 Å². The first-order valence-corrected chi connectivity index (χ1v) is 5.86. The number of anilines is 1. The van der Waals surface area contributed by atoms with Crippen LogP contribution < -0.4 is 5.32 Å². The Labute approximate surface area is 108 Å². The van der Waals surface area contributed by atoms with Crippen LogP contribution in [0.25, 0.3) is 0 Å². The molecule has 0 amide bonds. The number of hydrogen-bond donors (Lipinski definition) is 4. The van der Waals surface area contributed by atoms with E-state index in [1.165, 1.54) is 12.3 Å². The summed E-state index contributed by atoms with van der Waals surface area (Å²) in [6.45, 7) is -0.241. The molecule has 0 aliphatic heterocycles. The molecule has 4 N–H and O–H groups in total. The van der Waals surface area contributed by atoms with Gasteiger partial charge in [0.15, 0.2) is 0 Å². The lowest BCUT2D eigenvalue weighted by molar-refractivity contribution is -0.384. The third-order valence-corrected chi connectivity index (χ3v) is 3.37. The smallest absolute Gasteiger partial charge is 0.310 e. The van der Waals surface area contributed by atoms with E-state index in [1.54, 1.807) is 0 Å². The van der Waals surface area contributed by atoms with Crippen LogP contribution in [0.15, 0.2) is 18.5 Å². The molecule has 2 rings (SSSR count). The molecule has 0 saturated heterocycles. The van der Waals surface area contributed by atoms with Gasteiger partial charge in [-0.1, -0.05) is 0 Å². The average molecular weight is 269 g/mol. The van der Waals surface area contributed by atoms with E-state index in [9.17, 15) is 20.3 Å². The fourth-order valence-corrected chi connectivity index (χ4v) is 2.30. The summed E-state index contributed by atoms with van der Waals surface area (Å²) in [7, 11) is 0. The fourth-order valence-electron chi connectivity index (χ4n) is 2.30. The molecule has 0 spiro atoms. The molecule has 0 radical (unpaired) electrons. The van der Waals surface area contributed by atoms with Crippen molar-refractivity contribution in [3.8, 4) is 0 Å². The lowest BCUT2D eigenvalue weighted by Gasteiger charge is -2.18. The Hall–Kier alpha value is -1.77. The fraction of sp³-hybridized carbons (Fsp3) is 0.545. The second-order valence-electron chi connectivity index (χ2n) is 4.56. The third kappa shape index (κ3) is 2.65. The molecular weight excluding hydrogens is 254 g/mol. The Morgan fingerprint density at radius 2 is 2.21 bits per heavy atom. The molecule has 1 aliphatic carbocycles. The van der Waals surface area contributed by atoms with Gasteiger partial charge in [-0.3, -0.25) is 15.1 Å². The maximum Gasteiger partial charge on any atom is 0.310 e. The molecule has 0 unspecified atom stereocenters.